The average Bonchev–Trinajstić information content (AvgIpc) is 3.71. The molecule has 3 aromatic carbocycles. The van der Waals surface area contributed by atoms with Crippen molar-refractivity contribution < 1.29 is 14.4 Å². The molecule has 2 aliphatic heterocycles. The van der Waals surface area contributed by atoms with Gasteiger partial charge in [-0.25, -0.2) is 4.90 Å². The number of hydrogen-bond donors (Lipinski definition) is 0. The molecule has 5 atom stereocenters. The Balaban J connectivity index is 1.12. The van der Waals surface area contributed by atoms with Gasteiger partial charge < -0.3 is 0 Å². The van der Waals surface area contributed by atoms with E-state index in [1.165, 1.54) is 50.4 Å². The first-order valence-electron chi connectivity index (χ1n) is 23.3. The molecule has 8 rings (SSSR count). The zero-order valence-corrected chi connectivity index (χ0v) is 37.9. The topological polar surface area (TPSA) is 81.5 Å². The third-order valence-electron chi connectivity index (χ3n) is 15.2. The maximum atomic E-state index is 13.6. The molecule has 3 aromatic rings. The van der Waals surface area contributed by atoms with Crippen molar-refractivity contribution in [2.75, 3.05) is 0 Å². The summed E-state index contributed by atoms with van der Waals surface area (Å²) in [6, 6.07) is 29.1. The molecule has 0 radical (unpaired) electrons. The number of carbonyl (C=O) groups is 3. The van der Waals surface area contributed by atoms with Crippen molar-refractivity contribution in [3.05, 3.63) is 192 Å². The molecule has 0 N–H and O–H groups in total. The van der Waals surface area contributed by atoms with Crippen LogP contribution >= 0.6 is 0 Å². The summed E-state index contributed by atoms with van der Waals surface area (Å²) >= 11 is 0. The van der Waals surface area contributed by atoms with Gasteiger partial charge in [-0.3, -0.25) is 19.3 Å². The lowest BCUT2D eigenvalue weighted by Gasteiger charge is -2.59. The molecule has 64 heavy (non-hydrogen) atoms. The van der Waals surface area contributed by atoms with Gasteiger partial charge in [-0.05, 0) is 128 Å². The van der Waals surface area contributed by atoms with Gasteiger partial charge in [0.05, 0.1) is 12.0 Å². The molecule has 5 aliphatic rings. The molecule has 0 saturated heterocycles. The lowest BCUT2D eigenvalue weighted by molar-refractivity contribution is -0.134. The Hall–Kier alpha value is -6.32. The molecule has 0 fully saturated rings. The molecular weight excluding hydrogens is 787 g/mol. The van der Waals surface area contributed by atoms with Gasteiger partial charge in [-0.1, -0.05) is 148 Å². The first-order valence-corrected chi connectivity index (χ1v) is 23.3. The number of aryl methyl sites for hydroxylation is 1. The van der Waals surface area contributed by atoms with Gasteiger partial charge in [0, 0.05) is 46.1 Å². The van der Waals surface area contributed by atoms with E-state index in [9.17, 15) is 19.6 Å². The van der Waals surface area contributed by atoms with Crippen molar-refractivity contribution in [2.45, 2.75) is 97.3 Å². The largest absolute Gasteiger partial charge is 0.282 e. The lowest BCUT2D eigenvalue weighted by atomic mass is 9.44. The van der Waals surface area contributed by atoms with Gasteiger partial charge >= 0.3 is 0 Å². The Labute approximate surface area is 380 Å². The van der Waals surface area contributed by atoms with E-state index in [0.717, 1.165) is 69.2 Å². The highest BCUT2D eigenvalue weighted by Crippen LogP contribution is 2.63. The summed E-state index contributed by atoms with van der Waals surface area (Å²) in [5, 5.41) is 10.1. The van der Waals surface area contributed by atoms with Gasteiger partial charge in [0.2, 0.25) is 0 Å². The van der Waals surface area contributed by atoms with E-state index in [1.54, 1.807) is 17.1 Å². The number of benzene rings is 3. The molecule has 0 bridgehead atoms. The summed E-state index contributed by atoms with van der Waals surface area (Å²) in [7, 11) is 0. The van der Waals surface area contributed by atoms with Crippen molar-refractivity contribution >= 4 is 17.7 Å². The molecule has 3 amide bonds. The van der Waals surface area contributed by atoms with Crippen LogP contribution < -0.4 is 0 Å². The molecule has 6 nitrogen and oxygen atoms in total. The highest BCUT2D eigenvalue weighted by atomic mass is 16.2. The zero-order chi connectivity index (χ0) is 45.1. The summed E-state index contributed by atoms with van der Waals surface area (Å²) in [5.41, 5.74) is 8.30. The molecule has 0 saturated carbocycles. The summed E-state index contributed by atoms with van der Waals surface area (Å²) < 4.78 is 0. The second-order valence-corrected chi connectivity index (χ2v) is 18.9. The monoisotopic (exact) mass is 847 g/mol. The summed E-state index contributed by atoms with van der Waals surface area (Å²) in [5.74, 6) is -0.296. The van der Waals surface area contributed by atoms with Gasteiger partial charge in [0.1, 0.15) is 0 Å². The number of allylic oxidation sites excluding steroid dienone is 11. The normalized spacial score (nSPS) is 27.2. The average molecular weight is 848 g/mol. The highest BCUT2D eigenvalue weighted by Gasteiger charge is 2.58. The van der Waals surface area contributed by atoms with Gasteiger partial charge in [-0.15, -0.1) is 0 Å². The van der Waals surface area contributed by atoms with E-state index in [0.29, 0.717) is 18.0 Å². The maximum absolute atomic E-state index is 13.6. The molecule has 6 heteroatoms. The van der Waals surface area contributed by atoms with E-state index in [-0.39, 0.29) is 29.6 Å². The van der Waals surface area contributed by atoms with Crippen LogP contribution in [0.3, 0.4) is 0 Å². The second kappa shape index (κ2) is 18.4. The number of rotatable bonds is 12. The number of imide groups is 1. The minimum Gasteiger partial charge on any atom is -0.282 e. The predicted molar refractivity (Wildman–Crippen MR) is 257 cm³/mol. The van der Waals surface area contributed by atoms with Gasteiger partial charge in [-0.2, -0.15) is 5.26 Å². The Morgan fingerprint density at radius 3 is 1.86 bits per heavy atom. The smallest absolute Gasteiger partial charge is 0.257 e. The molecular formula is C58H61N3O3. The first kappa shape index (κ1) is 44.3. The van der Waals surface area contributed by atoms with Crippen molar-refractivity contribution in [2.24, 2.45) is 28.6 Å². The van der Waals surface area contributed by atoms with E-state index in [2.05, 4.69) is 156 Å². The van der Waals surface area contributed by atoms with Crippen LogP contribution in [0.5, 0.6) is 0 Å². The van der Waals surface area contributed by atoms with Crippen molar-refractivity contribution in [3.63, 3.8) is 0 Å². The van der Waals surface area contributed by atoms with Crippen LogP contribution in [0.1, 0.15) is 94.4 Å². The van der Waals surface area contributed by atoms with Crippen molar-refractivity contribution in [1.82, 2.24) is 9.80 Å². The fraction of sp³-hybridized carbons (Fsp3) is 0.345. The molecule has 5 unspecified atom stereocenters. The Morgan fingerprint density at radius 1 is 0.734 bits per heavy atom. The zero-order valence-electron chi connectivity index (χ0n) is 37.9. The number of nitriles is 1. The second-order valence-electron chi connectivity index (χ2n) is 18.9. The minimum atomic E-state index is -0.584. The number of carbonyl (C=O) groups excluding carboxylic acids is 3. The van der Waals surface area contributed by atoms with Crippen LogP contribution in [0.25, 0.3) is 11.1 Å². The standard InChI is InChI=1S/C58H61N3O3/c1-6-58(7-2,57(33-30-45(40-59)31-34-57)50-25-19-44(20-26-50)36-46-11-8-9-13-51(37-46)60-42(4)16-27-53(60)62)56(5)32-10-12-47(38-52(39-56)61-54(63)28-29-55(61)64)35-43-17-23-49(24-18-43)48-21-14-41(3)15-22-48/h8-10,13-30,32-33,39,45-47H,4,6-7,11-12,31,34-38H2,1-3,5H3/b32-10-,52-39+. The van der Waals surface area contributed by atoms with Crippen LogP contribution in [0.4, 0.5) is 0 Å². The SMILES string of the molecule is C=C1C=CC(=O)N1C1=CC=CCC(Cc2ccc(C3(C(CC)(CC)C4(C)/C=C\CC(Cc5ccc(-c6ccc(C)cc6)cc5)C/C(N5C(=O)C=CC5=O)=C\4)C=CC(C#N)CC3)cc2)C1. The quantitative estimate of drug-likeness (QED) is 0.134. The first-order chi connectivity index (χ1) is 30.9. The lowest BCUT2D eigenvalue weighted by Crippen LogP contribution is -2.54. The van der Waals surface area contributed by atoms with Crippen LogP contribution in [0.15, 0.2) is 169 Å². The van der Waals surface area contributed by atoms with Crippen LogP contribution in [-0.2, 0) is 32.6 Å². The van der Waals surface area contributed by atoms with Crippen LogP contribution in [0.2, 0.25) is 0 Å². The Bertz CT molecular complexity index is 2520. The van der Waals surface area contributed by atoms with E-state index in [1.807, 2.05) is 6.08 Å². The Kier molecular flexibility index (Phi) is 12.7. The van der Waals surface area contributed by atoms with E-state index < -0.39 is 16.2 Å². The number of amides is 3. The fourth-order valence-corrected chi connectivity index (χ4v) is 11.8. The third kappa shape index (κ3) is 8.41. The van der Waals surface area contributed by atoms with E-state index in [4.69, 9.17) is 0 Å². The summed E-state index contributed by atoms with van der Waals surface area (Å²) in [6.45, 7) is 13.1. The fourth-order valence-electron chi connectivity index (χ4n) is 11.8. The molecule has 3 aliphatic carbocycles. The summed E-state index contributed by atoms with van der Waals surface area (Å²) in [4.78, 5) is 43.0. The van der Waals surface area contributed by atoms with Gasteiger partial charge in [0.25, 0.3) is 17.7 Å². The number of hydrogen-bond acceptors (Lipinski definition) is 4. The molecule has 2 heterocycles. The highest BCUT2D eigenvalue weighted by molar-refractivity contribution is 6.14. The van der Waals surface area contributed by atoms with Crippen molar-refractivity contribution in [1.29, 1.82) is 5.26 Å². The molecule has 0 aromatic heterocycles. The predicted octanol–water partition coefficient (Wildman–Crippen LogP) is 12.5. The van der Waals surface area contributed by atoms with Crippen molar-refractivity contribution in [3.8, 4) is 17.2 Å². The maximum Gasteiger partial charge on any atom is 0.257 e. The van der Waals surface area contributed by atoms with Crippen LogP contribution in [-0.4, -0.2) is 27.5 Å². The number of nitrogens with zero attached hydrogens (tertiary/aromatic N) is 3. The van der Waals surface area contributed by atoms with Crippen LogP contribution in [0, 0.1) is 46.8 Å². The molecule has 0 spiro atoms. The van der Waals surface area contributed by atoms with Gasteiger partial charge in [0.15, 0.2) is 0 Å². The summed E-state index contributed by atoms with van der Waals surface area (Å²) in [6.07, 6.45) is 31.9. The minimum absolute atomic E-state index is 0.0422. The third-order valence-corrected chi connectivity index (χ3v) is 15.2. The Morgan fingerprint density at radius 2 is 1.30 bits per heavy atom. The van der Waals surface area contributed by atoms with E-state index >= 15 is 0 Å². The molecule has 326 valence electrons.